The predicted octanol–water partition coefficient (Wildman–Crippen LogP) is 4.98. The van der Waals surface area contributed by atoms with Crippen LogP contribution in [0.4, 0.5) is 5.69 Å². The molecule has 0 amide bonds. The first-order chi connectivity index (χ1) is 11.6. The quantitative estimate of drug-likeness (QED) is 0.516. The summed E-state index contributed by atoms with van der Waals surface area (Å²) in [7, 11) is 0. The summed E-state index contributed by atoms with van der Waals surface area (Å²) in [5.41, 5.74) is 9.98. The van der Waals surface area contributed by atoms with Crippen molar-refractivity contribution in [3.8, 4) is 16.8 Å². The van der Waals surface area contributed by atoms with E-state index < -0.39 is 0 Å². The van der Waals surface area contributed by atoms with Gasteiger partial charge in [-0.2, -0.15) is 0 Å². The molecule has 118 valence electrons. The Morgan fingerprint density at radius 2 is 1.79 bits per heavy atom. The number of nitrogen functional groups attached to an aromatic ring is 1. The fourth-order valence-corrected chi connectivity index (χ4v) is 3.30. The number of hydrogen-bond acceptors (Lipinski definition) is 3. The summed E-state index contributed by atoms with van der Waals surface area (Å²) in [4.78, 5) is 8.56. The minimum atomic E-state index is 0.554. The number of hydrogen-bond donors (Lipinski definition) is 1. The van der Waals surface area contributed by atoms with E-state index in [-0.39, 0.29) is 0 Å². The molecule has 0 saturated heterocycles. The van der Waals surface area contributed by atoms with E-state index in [4.69, 9.17) is 28.9 Å². The van der Waals surface area contributed by atoms with Crippen LogP contribution >= 0.6 is 23.2 Å². The number of nitrogens with zero attached hydrogens (tertiary/aromatic N) is 3. The zero-order valence-electron chi connectivity index (χ0n) is 12.4. The molecule has 0 saturated carbocycles. The van der Waals surface area contributed by atoms with Crippen LogP contribution in [0.15, 0.2) is 61.1 Å². The summed E-state index contributed by atoms with van der Waals surface area (Å²) in [6, 6.07) is 15.0. The minimum Gasteiger partial charge on any atom is -0.399 e. The third kappa shape index (κ3) is 2.40. The number of aromatic nitrogens is 3. The molecule has 0 atom stereocenters. The Bertz CT molecular complexity index is 1040. The lowest BCUT2D eigenvalue weighted by Crippen LogP contribution is -1.97. The average Bonchev–Trinajstić information content (AvgIpc) is 2.88. The Kier molecular flexibility index (Phi) is 3.63. The monoisotopic (exact) mass is 354 g/mol. The van der Waals surface area contributed by atoms with Crippen molar-refractivity contribution in [2.45, 2.75) is 0 Å². The van der Waals surface area contributed by atoms with Crippen LogP contribution in [0.1, 0.15) is 0 Å². The van der Waals surface area contributed by atoms with Crippen LogP contribution in [-0.4, -0.2) is 14.5 Å². The van der Waals surface area contributed by atoms with Crippen molar-refractivity contribution in [3.05, 3.63) is 71.2 Å². The molecular weight excluding hydrogens is 343 g/mol. The van der Waals surface area contributed by atoms with Gasteiger partial charge in [-0.25, -0.2) is 9.97 Å². The van der Waals surface area contributed by atoms with Gasteiger partial charge in [0.1, 0.15) is 17.1 Å². The van der Waals surface area contributed by atoms with Crippen LogP contribution in [0.5, 0.6) is 0 Å². The van der Waals surface area contributed by atoms with Gasteiger partial charge in [0, 0.05) is 27.9 Å². The molecule has 0 aliphatic rings. The molecule has 0 unspecified atom stereocenters. The third-order valence-corrected chi connectivity index (χ3v) is 4.45. The van der Waals surface area contributed by atoms with Crippen molar-refractivity contribution in [2.75, 3.05) is 5.73 Å². The molecule has 0 spiro atoms. The van der Waals surface area contributed by atoms with Crippen LogP contribution < -0.4 is 5.73 Å². The van der Waals surface area contributed by atoms with Crippen molar-refractivity contribution in [3.63, 3.8) is 0 Å². The highest BCUT2D eigenvalue weighted by Crippen LogP contribution is 2.39. The summed E-state index contributed by atoms with van der Waals surface area (Å²) in [5, 5.41) is 2.09. The predicted molar refractivity (Wildman–Crippen MR) is 98.7 cm³/mol. The normalized spacial score (nSPS) is 11.1. The van der Waals surface area contributed by atoms with Gasteiger partial charge >= 0.3 is 0 Å². The molecule has 0 aliphatic carbocycles. The molecule has 0 bridgehead atoms. The van der Waals surface area contributed by atoms with Crippen LogP contribution in [0.25, 0.3) is 27.8 Å². The Labute approximate surface area is 148 Å². The van der Waals surface area contributed by atoms with Gasteiger partial charge in [0.05, 0.1) is 5.69 Å². The maximum absolute atomic E-state index is 6.73. The van der Waals surface area contributed by atoms with Gasteiger partial charge < -0.3 is 5.73 Å². The molecule has 0 fully saturated rings. The number of benzene rings is 2. The van der Waals surface area contributed by atoms with Crippen molar-refractivity contribution in [2.24, 2.45) is 0 Å². The smallest absolute Gasteiger partial charge is 0.149 e. The second kappa shape index (κ2) is 5.82. The number of fused-ring (bicyclic) bond motifs is 1. The van der Waals surface area contributed by atoms with Gasteiger partial charge in [-0.3, -0.25) is 4.57 Å². The number of anilines is 1. The van der Waals surface area contributed by atoms with Gasteiger partial charge in [-0.1, -0.05) is 41.4 Å². The summed E-state index contributed by atoms with van der Waals surface area (Å²) in [5.74, 6) is 0. The summed E-state index contributed by atoms with van der Waals surface area (Å²) >= 11 is 12.7. The van der Waals surface area contributed by atoms with E-state index in [2.05, 4.69) is 9.97 Å². The maximum atomic E-state index is 6.73. The molecular formula is C18H12Cl2N4. The van der Waals surface area contributed by atoms with Gasteiger partial charge in [0.2, 0.25) is 0 Å². The number of nitrogens with two attached hydrogens (primary N) is 1. The highest BCUT2D eigenvalue weighted by Gasteiger charge is 2.19. The molecule has 2 aromatic carbocycles. The lowest BCUT2D eigenvalue weighted by molar-refractivity contribution is 1.08. The first kappa shape index (κ1) is 15.0. The molecule has 24 heavy (non-hydrogen) atoms. The highest BCUT2D eigenvalue weighted by atomic mass is 35.5. The summed E-state index contributed by atoms with van der Waals surface area (Å²) in [6.07, 6.45) is 3.27. The van der Waals surface area contributed by atoms with Crippen molar-refractivity contribution in [1.29, 1.82) is 0 Å². The van der Waals surface area contributed by atoms with Gasteiger partial charge in [-0.15, -0.1) is 0 Å². The zero-order valence-corrected chi connectivity index (χ0v) is 14.0. The van der Waals surface area contributed by atoms with Gasteiger partial charge in [0.15, 0.2) is 0 Å². The maximum Gasteiger partial charge on any atom is 0.149 e. The lowest BCUT2D eigenvalue weighted by Gasteiger charge is -2.07. The van der Waals surface area contributed by atoms with Crippen molar-refractivity contribution in [1.82, 2.24) is 14.5 Å². The topological polar surface area (TPSA) is 56.7 Å². The van der Waals surface area contributed by atoms with Crippen LogP contribution in [0, 0.1) is 0 Å². The summed E-state index contributed by atoms with van der Waals surface area (Å²) in [6.45, 7) is 0. The fraction of sp³-hybridized carbons (Fsp3) is 0. The van der Waals surface area contributed by atoms with E-state index in [0.717, 1.165) is 27.8 Å². The Morgan fingerprint density at radius 1 is 1.00 bits per heavy atom. The molecule has 0 radical (unpaired) electrons. The summed E-state index contributed by atoms with van der Waals surface area (Å²) < 4.78 is 1.87. The van der Waals surface area contributed by atoms with Crippen molar-refractivity contribution < 1.29 is 0 Å². The van der Waals surface area contributed by atoms with Crippen LogP contribution in [-0.2, 0) is 0 Å². The van der Waals surface area contributed by atoms with E-state index in [1.54, 1.807) is 6.20 Å². The second-order valence-corrected chi connectivity index (χ2v) is 6.16. The molecule has 4 nitrogen and oxygen atoms in total. The van der Waals surface area contributed by atoms with E-state index in [1.165, 1.54) is 6.33 Å². The first-order valence-corrected chi connectivity index (χ1v) is 8.02. The van der Waals surface area contributed by atoms with Crippen molar-refractivity contribution >= 4 is 39.9 Å². The van der Waals surface area contributed by atoms with E-state index >= 15 is 0 Å². The van der Waals surface area contributed by atoms with Gasteiger partial charge in [-0.05, 0) is 35.9 Å². The lowest BCUT2D eigenvalue weighted by atomic mass is 10.1. The Hall–Kier alpha value is -2.56. The molecule has 4 rings (SSSR count). The fourth-order valence-electron chi connectivity index (χ4n) is 2.78. The molecule has 2 heterocycles. The standard InChI is InChI=1S/C18H12Cl2N4/c19-12-6-4-11(5-7-12)16-15-9-22-10-23-18(15)24(17(16)20)14-3-1-2-13(21)8-14/h1-10H,21H2. The molecule has 2 aromatic heterocycles. The van der Waals surface area contributed by atoms with Crippen LogP contribution in [0.2, 0.25) is 10.2 Å². The number of rotatable bonds is 2. The van der Waals surface area contributed by atoms with E-state index in [9.17, 15) is 0 Å². The minimum absolute atomic E-state index is 0.554. The first-order valence-electron chi connectivity index (χ1n) is 7.27. The average molecular weight is 355 g/mol. The Morgan fingerprint density at radius 3 is 2.54 bits per heavy atom. The number of halogens is 2. The largest absolute Gasteiger partial charge is 0.399 e. The van der Waals surface area contributed by atoms with Gasteiger partial charge in [0.25, 0.3) is 0 Å². The second-order valence-electron chi connectivity index (χ2n) is 5.36. The SMILES string of the molecule is Nc1cccc(-n2c(Cl)c(-c3ccc(Cl)cc3)c3cncnc32)c1. The van der Waals surface area contributed by atoms with E-state index in [1.807, 2.05) is 53.1 Å². The zero-order chi connectivity index (χ0) is 16.7. The molecule has 0 aliphatic heterocycles. The van der Waals surface area contributed by atoms with Crippen LogP contribution in [0.3, 0.4) is 0 Å². The molecule has 2 N–H and O–H groups in total. The third-order valence-electron chi connectivity index (χ3n) is 3.84. The molecule has 6 heteroatoms. The van der Waals surface area contributed by atoms with E-state index in [0.29, 0.717) is 15.9 Å². The highest BCUT2D eigenvalue weighted by molar-refractivity contribution is 6.35. The Balaban J connectivity index is 2.06. The molecule has 4 aromatic rings.